The first-order valence-electron chi connectivity index (χ1n) is 13.0. The lowest BCUT2D eigenvalue weighted by Gasteiger charge is -2.66. The summed E-state index contributed by atoms with van der Waals surface area (Å²) < 4.78 is 35.4. The van der Waals surface area contributed by atoms with Crippen molar-refractivity contribution in [3.8, 4) is 0 Å². The molecule has 4 aliphatic carbocycles. The van der Waals surface area contributed by atoms with Gasteiger partial charge in [-0.1, -0.05) is 34.1 Å². The summed E-state index contributed by atoms with van der Waals surface area (Å²) in [5, 5.41) is 33.8. The lowest BCUT2D eigenvalue weighted by molar-refractivity contribution is -0.235. The van der Waals surface area contributed by atoms with E-state index >= 15 is 0 Å². The summed E-state index contributed by atoms with van der Waals surface area (Å²) in [6.07, 6.45) is 5.21. The Morgan fingerprint density at radius 2 is 1.76 bits per heavy atom. The van der Waals surface area contributed by atoms with E-state index in [9.17, 15) is 23.7 Å². The second kappa shape index (κ2) is 9.00. The van der Waals surface area contributed by atoms with Crippen LogP contribution < -0.4 is 0 Å². The predicted molar refractivity (Wildman–Crippen MR) is 124 cm³/mol. The Hall–Kier alpha value is -0.250. The van der Waals surface area contributed by atoms with Crippen molar-refractivity contribution < 1.29 is 32.5 Å². The predicted octanol–water partition coefficient (Wildman–Crippen LogP) is 3.43. The topological polar surface area (TPSA) is 124 Å². The molecule has 33 heavy (non-hydrogen) atoms. The van der Waals surface area contributed by atoms with Gasteiger partial charge in [-0.2, -0.15) is 8.42 Å². The van der Waals surface area contributed by atoms with Crippen LogP contribution in [0.5, 0.6) is 0 Å². The molecule has 0 amide bonds. The zero-order chi connectivity index (χ0) is 24.3. The van der Waals surface area contributed by atoms with Gasteiger partial charge in [-0.25, -0.2) is 4.18 Å². The largest absolute Gasteiger partial charge is 0.397 e. The van der Waals surface area contributed by atoms with Crippen LogP contribution in [0.3, 0.4) is 0 Å². The Morgan fingerprint density at radius 3 is 2.39 bits per heavy atom. The molecule has 0 saturated heterocycles. The quantitative estimate of drug-likeness (QED) is 0.422. The Bertz CT molecular complexity index is 818. The van der Waals surface area contributed by atoms with Crippen molar-refractivity contribution in [1.82, 2.24) is 0 Å². The van der Waals surface area contributed by atoms with E-state index in [2.05, 4.69) is 31.9 Å². The molecule has 0 radical (unpaired) electrons. The van der Waals surface area contributed by atoms with E-state index in [1.807, 2.05) is 0 Å². The molecule has 0 spiro atoms. The average molecular weight is 489 g/mol. The van der Waals surface area contributed by atoms with Crippen LogP contribution >= 0.6 is 0 Å². The zero-order valence-electron chi connectivity index (χ0n) is 20.6. The van der Waals surface area contributed by atoms with Crippen molar-refractivity contribution in [2.24, 2.45) is 52.3 Å². The highest BCUT2D eigenvalue weighted by molar-refractivity contribution is 7.80. The van der Waals surface area contributed by atoms with Crippen molar-refractivity contribution in [1.29, 1.82) is 0 Å². The zero-order valence-corrected chi connectivity index (χ0v) is 21.4. The minimum absolute atomic E-state index is 0.0443. The highest BCUT2D eigenvalue weighted by atomic mass is 32.3. The van der Waals surface area contributed by atoms with Gasteiger partial charge in [-0.3, -0.25) is 4.55 Å². The summed E-state index contributed by atoms with van der Waals surface area (Å²) in [4.78, 5) is 0. The lowest BCUT2D eigenvalue weighted by atomic mass is 9.40. The number of hydrogen-bond acceptors (Lipinski definition) is 6. The molecule has 0 bridgehead atoms. The van der Waals surface area contributed by atoms with E-state index in [0.29, 0.717) is 24.7 Å². The van der Waals surface area contributed by atoms with Crippen molar-refractivity contribution in [3.63, 3.8) is 0 Å². The summed E-state index contributed by atoms with van der Waals surface area (Å²) in [6.45, 7) is 8.78. The number of fused-ring (bicyclic) bond motifs is 5. The SMILES string of the molecule is CC[C@H]1[C@@H](O)C2C3CC[C@H]([C@H](C)CCOS(=O)(=O)O)[C@@]3(C)C[C@H](O)C2[C@@]2(C)CC[C@@H](O)C[C@@H]12. The molecule has 8 heteroatoms. The van der Waals surface area contributed by atoms with E-state index in [4.69, 9.17) is 4.55 Å². The third-order valence-corrected chi connectivity index (χ3v) is 11.4. The molecule has 4 aliphatic rings. The number of aliphatic hydroxyl groups is 3. The van der Waals surface area contributed by atoms with Gasteiger partial charge >= 0.3 is 10.4 Å². The molecule has 4 rings (SSSR count). The summed E-state index contributed by atoms with van der Waals surface area (Å²) in [7, 11) is -4.44. The summed E-state index contributed by atoms with van der Waals surface area (Å²) in [5.74, 6) is 1.26. The van der Waals surface area contributed by atoms with Crippen LogP contribution in [0.4, 0.5) is 0 Å². The first-order chi connectivity index (χ1) is 15.3. The van der Waals surface area contributed by atoms with Crippen molar-refractivity contribution in [2.75, 3.05) is 6.61 Å². The molecule has 4 saturated carbocycles. The highest BCUT2D eigenvalue weighted by Gasteiger charge is 2.67. The minimum atomic E-state index is -4.44. The standard InChI is InChI=1S/C25H44O7S/c1-5-16-19-12-15(26)8-10-24(19,3)22-20(27)13-25(4)17(6-7-18(25)21(22)23(16)28)14(2)9-11-32-33(29,30)31/h14-23,26-28H,5-13H2,1-4H3,(H,29,30,31)/t14-,15-,16-,17-,18?,19+,20+,21?,22?,23-,24+,25-/m1/s1. The molecule has 4 N–H and O–H groups in total. The Balaban J connectivity index is 1.61. The van der Waals surface area contributed by atoms with Crippen LogP contribution in [0.25, 0.3) is 0 Å². The smallest absolute Gasteiger partial charge is 0.393 e. The van der Waals surface area contributed by atoms with E-state index in [1.54, 1.807) is 0 Å². The maximum absolute atomic E-state index is 11.7. The molecule has 7 nitrogen and oxygen atoms in total. The fourth-order valence-electron chi connectivity index (χ4n) is 9.59. The van der Waals surface area contributed by atoms with Crippen LogP contribution in [0.15, 0.2) is 0 Å². The second-order valence-electron chi connectivity index (χ2n) is 12.3. The average Bonchev–Trinajstić information content (AvgIpc) is 3.04. The monoisotopic (exact) mass is 488 g/mol. The highest BCUT2D eigenvalue weighted by Crippen LogP contribution is 2.69. The van der Waals surface area contributed by atoms with Gasteiger partial charge in [-0.05, 0) is 97.2 Å². The van der Waals surface area contributed by atoms with Crippen LogP contribution in [0.1, 0.15) is 79.1 Å². The molecular weight excluding hydrogens is 444 g/mol. The number of aliphatic hydroxyl groups excluding tert-OH is 3. The Labute approximate surface area is 199 Å². The molecule has 0 aliphatic heterocycles. The molecule has 12 atom stereocenters. The second-order valence-corrected chi connectivity index (χ2v) is 13.4. The molecule has 192 valence electrons. The van der Waals surface area contributed by atoms with E-state index in [1.165, 1.54) is 0 Å². The van der Waals surface area contributed by atoms with Gasteiger partial charge in [0, 0.05) is 0 Å². The van der Waals surface area contributed by atoms with Gasteiger partial charge < -0.3 is 15.3 Å². The summed E-state index contributed by atoms with van der Waals surface area (Å²) in [5.41, 5.74) is -0.202. The molecular formula is C25H44O7S. The van der Waals surface area contributed by atoms with Crippen LogP contribution in [0.2, 0.25) is 0 Å². The third kappa shape index (κ3) is 4.31. The van der Waals surface area contributed by atoms with Gasteiger partial charge in [0.15, 0.2) is 0 Å². The maximum atomic E-state index is 11.7. The van der Waals surface area contributed by atoms with Crippen molar-refractivity contribution >= 4 is 10.4 Å². The lowest BCUT2D eigenvalue weighted by Crippen LogP contribution is -2.65. The van der Waals surface area contributed by atoms with Gasteiger partial charge in [0.1, 0.15) is 0 Å². The van der Waals surface area contributed by atoms with Gasteiger partial charge in [0.05, 0.1) is 24.9 Å². The third-order valence-electron chi connectivity index (χ3n) is 10.9. The van der Waals surface area contributed by atoms with Crippen molar-refractivity contribution in [2.45, 2.75) is 97.4 Å². The van der Waals surface area contributed by atoms with Gasteiger partial charge in [-0.15, -0.1) is 0 Å². The fourth-order valence-corrected chi connectivity index (χ4v) is 9.89. The molecule has 0 aromatic heterocycles. The Kier molecular flexibility index (Phi) is 7.05. The maximum Gasteiger partial charge on any atom is 0.397 e. The fraction of sp³-hybridized carbons (Fsp3) is 1.00. The summed E-state index contributed by atoms with van der Waals surface area (Å²) in [6, 6.07) is 0. The molecule has 4 fully saturated rings. The molecule has 3 unspecified atom stereocenters. The molecule has 0 aromatic carbocycles. The minimum Gasteiger partial charge on any atom is -0.393 e. The van der Waals surface area contributed by atoms with E-state index < -0.39 is 22.6 Å². The number of rotatable bonds is 6. The normalized spacial score (nSPS) is 50.8. The van der Waals surface area contributed by atoms with Gasteiger partial charge in [0.2, 0.25) is 0 Å². The first-order valence-corrected chi connectivity index (χ1v) is 14.4. The van der Waals surface area contributed by atoms with E-state index in [-0.39, 0.29) is 53.1 Å². The number of hydrogen-bond donors (Lipinski definition) is 4. The molecule has 0 heterocycles. The Morgan fingerprint density at radius 1 is 1.06 bits per heavy atom. The molecule has 0 aromatic rings. The van der Waals surface area contributed by atoms with Gasteiger partial charge in [0.25, 0.3) is 0 Å². The first kappa shape index (κ1) is 25.8. The van der Waals surface area contributed by atoms with Crippen molar-refractivity contribution in [3.05, 3.63) is 0 Å². The van der Waals surface area contributed by atoms with Crippen LogP contribution in [0, 0.1) is 52.3 Å². The summed E-state index contributed by atoms with van der Waals surface area (Å²) >= 11 is 0. The van der Waals surface area contributed by atoms with Crippen LogP contribution in [-0.2, 0) is 14.6 Å². The van der Waals surface area contributed by atoms with Crippen LogP contribution in [-0.4, -0.2) is 53.2 Å². The van der Waals surface area contributed by atoms with E-state index in [0.717, 1.165) is 38.5 Å².